The molecule has 0 saturated heterocycles. The summed E-state index contributed by atoms with van der Waals surface area (Å²) in [6, 6.07) is 2.99. The molecule has 0 fully saturated rings. The lowest BCUT2D eigenvalue weighted by Gasteiger charge is -2.07. The zero-order chi connectivity index (χ0) is 14.2. The monoisotopic (exact) mass is 344 g/mol. The maximum atomic E-state index is 13.3. The van der Waals surface area contributed by atoms with Crippen LogP contribution in [0.5, 0.6) is 0 Å². The lowest BCUT2D eigenvalue weighted by molar-refractivity contribution is 0.0690. The predicted molar refractivity (Wildman–Crippen MR) is 75.9 cm³/mol. The van der Waals surface area contributed by atoms with E-state index in [2.05, 4.69) is 26.2 Å². The number of rotatable bonds is 3. The van der Waals surface area contributed by atoms with Crippen molar-refractivity contribution in [3.8, 4) is 0 Å². The quantitative estimate of drug-likeness (QED) is 0.879. The SMILES string of the molecule is Cc1cc(F)c(Br)cc1Nc1nc(C(=O)O)c(C)s1. The van der Waals surface area contributed by atoms with Gasteiger partial charge in [0.2, 0.25) is 0 Å². The molecule has 2 N–H and O–H groups in total. The first-order valence-corrected chi connectivity index (χ1v) is 6.93. The van der Waals surface area contributed by atoms with Crippen LogP contribution in [0.3, 0.4) is 0 Å². The topological polar surface area (TPSA) is 62.2 Å². The molecule has 1 heterocycles. The summed E-state index contributed by atoms with van der Waals surface area (Å²) in [5.74, 6) is -1.40. The Hall–Kier alpha value is -1.47. The molecule has 0 radical (unpaired) electrons. The largest absolute Gasteiger partial charge is 0.476 e. The number of benzene rings is 1. The smallest absolute Gasteiger partial charge is 0.355 e. The van der Waals surface area contributed by atoms with Gasteiger partial charge in [0.25, 0.3) is 0 Å². The van der Waals surface area contributed by atoms with Gasteiger partial charge in [-0.05, 0) is 47.5 Å². The third kappa shape index (κ3) is 2.93. The molecule has 2 rings (SSSR count). The number of aromatic carboxylic acids is 1. The van der Waals surface area contributed by atoms with Crippen LogP contribution in [0.4, 0.5) is 15.2 Å². The molecule has 0 aliphatic heterocycles. The maximum Gasteiger partial charge on any atom is 0.355 e. The van der Waals surface area contributed by atoms with Crippen LogP contribution < -0.4 is 5.32 Å². The van der Waals surface area contributed by atoms with Gasteiger partial charge in [0, 0.05) is 10.6 Å². The van der Waals surface area contributed by atoms with E-state index in [0.717, 1.165) is 0 Å². The maximum absolute atomic E-state index is 13.3. The van der Waals surface area contributed by atoms with Crippen molar-refractivity contribution in [1.29, 1.82) is 0 Å². The van der Waals surface area contributed by atoms with Crippen LogP contribution >= 0.6 is 27.3 Å². The molecular formula is C12H10BrFN2O2S. The fraction of sp³-hybridized carbons (Fsp3) is 0.167. The highest BCUT2D eigenvalue weighted by atomic mass is 79.9. The Morgan fingerprint density at radius 2 is 2.16 bits per heavy atom. The molecule has 19 heavy (non-hydrogen) atoms. The summed E-state index contributed by atoms with van der Waals surface area (Å²) in [6.45, 7) is 3.45. The van der Waals surface area contributed by atoms with Crippen molar-refractivity contribution < 1.29 is 14.3 Å². The number of aromatic nitrogens is 1. The molecule has 1 aromatic heterocycles. The van der Waals surface area contributed by atoms with Crippen LogP contribution in [-0.2, 0) is 0 Å². The number of carboxylic acids is 1. The van der Waals surface area contributed by atoms with E-state index in [1.165, 1.54) is 17.4 Å². The molecule has 0 aliphatic rings. The molecule has 0 amide bonds. The van der Waals surface area contributed by atoms with E-state index in [-0.39, 0.29) is 11.5 Å². The minimum absolute atomic E-state index is 0.0336. The standard InChI is InChI=1S/C12H10BrFN2O2S/c1-5-3-8(14)7(13)4-9(5)15-12-16-10(11(17)18)6(2)19-12/h3-4H,1-2H3,(H,15,16)(H,17,18). The van der Waals surface area contributed by atoms with E-state index >= 15 is 0 Å². The average molecular weight is 345 g/mol. The molecule has 0 spiro atoms. The second-order valence-corrected chi connectivity index (χ2v) is 5.99. The van der Waals surface area contributed by atoms with Crippen molar-refractivity contribution in [2.45, 2.75) is 13.8 Å². The van der Waals surface area contributed by atoms with Gasteiger partial charge < -0.3 is 10.4 Å². The van der Waals surface area contributed by atoms with Crippen LogP contribution in [0.2, 0.25) is 0 Å². The number of carbonyl (C=O) groups is 1. The molecule has 0 aliphatic carbocycles. The zero-order valence-electron chi connectivity index (χ0n) is 10.1. The molecule has 1 aromatic carbocycles. The third-order valence-electron chi connectivity index (χ3n) is 2.51. The van der Waals surface area contributed by atoms with Crippen LogP contribution in [0.15, 0.2) is 16.6 Å². The molecule has 4 nitrogen and oxygen atoms in total. The van der Waals surface area contributed by atoms with Crippen molar-refractivity contribution in [2.24, 2.45) is 0 Å². The van der Waals surface area contributed by atoms with E-state index in [0.29, 0.717) is 25.7 Å². The van der Waals surface area contributed by atoms with Gasteiger partial charge in [0.05, 0.1) is 4.47 Å². The van der Waals surface area contributed by atoms with Gasteiger partial charge in [-0.1, -0.05) is 0 Å². The van der Waals surface area contributed by atoms with Crippen molar-refractivity contribution in [1.82, 2.24) is 4.98 Å². The van der Waals surface area contributed by atoms with Crippen LogP contribution in [0.1, 0.15) is 20.9 Å². The number of nitrogens with zero attached hydrogens (tertiary/aromatic N) is 1. The van der Waals surface area contributed by atoms with Crippen molar-refractivity contribution in [3.05, 3.63) is 38.6 Å². The molecule has 0 unspecified atom stereocenters. The van der Waals surface area contributed by atoms with E-state index in [1.807, 2.05) is 0 Å². The molecule has 2 aromatic rings. The van der Waals surface area contributed by atoms with Crippen molar-refractivity contribution in [3.63, 3.8) is 0 Å². The summed E-state index contributed by atoms with van der Waals surface area (Å²) in [5, 5.41) is 12.4. The average Bonchev–Trinajstić information content (AvgIpc) is 2.67. The lowest BCUT2D eigenvalue weighted by atomic mass is 10.2. The van der Waals surface area contributed by atoms with Crippen LogP contribution in [0.25, 0.3) is 0 Å². The third-order valence-corrected chi connectivity index (χ3v) is 4.00. The number of nitrogens with one attached hydrogen (secondary N) is 1. The normalized spacial score (nSPS) is 10.5. The minimum atomic E-state index is -1.06. The summed E-state index contributed by atoms with van der Waals surface area (Å²) in [5.41, 5.74) is 1.43. The summed E-state index contributed by atoms with van der Waals surface area (Å²) >= 11 is 4.35. The molecule has 7 heteroatoms. The Labute approximate surface area is 121 Å². The second kappa shape index (κ2) is 5.26. The van der Waals surface area contributed by atoms with E-state index in [4.69, 9.17) is 5.11 Å². The van der Waals surface area contributed by atoms with Gasteiger partial charge >= 0.3 is 5.97 Å². The summed E-state index contributed by atoms with van der Waals surface area (Å²) in [7, 11) is 0. The number of halogens is 2. The number of anilines is 2. The first kappa shape index (κ1) is 14.0. The van der Waals surface area contributed by atoms with Gasteiger partial charge in [-0.2, -0.15) is 0 Å². The number of thiazole rings is 1. The first-order valence-electron chi connectivity index (χ1n) is 5.32. The first-order chi connectivity index (χ1) is 8.88. The number of aryl methyl sites for hydroxylation is 2. The number of hydrogen-bond acceptors (Lipinski definition) is 4. The van der Waals surface area contributed by atoms with Gasteiger partial charge in [0.1, 0.15) is 5.82 Å². The minimum Gasteiger partial charge on any atom is -0.476 e. The Bertz CT molecular complexity index is 657. The number of hydrogen-bond donors (Lipinski definition) is 2. The molecule has 0 saturated carbocycles. The van der Waals surface area contributed by atoms with E-state index < -0.39 is 5.97 Å². The van der Waals surface area contributed by atoms with Crippen LogP contribution in [0, 0.1) is 19.7 Å². The highest BCUT2D eigenvalue weighted by Crippen LogP contribution is 2.30. The van der Waals surface area contributed by atoms with Gasteiger partial charge in [-0.15, -0.1) is 11.3 Å². The van der Waals surface area contributed by atoms with E-state index in [1.54, 1.807) is 19.9 Å². The summed E-state index contributed by atoms with van der Waals surface area (Å²) in [6.07, 6.45) is 0. The predicted octanol–water partition coefficient (Wildman–Crippen LogP) is 4.10. The molecule has 0 atom stereocenters. The highest BCUT2D eigenvalue weighted by molar-refractivity contribution is 9.10. The Balaban J connectivity index is 2.34. The van der Waals surface area contributed by atoms with E-state index in [9.17, 15) is 9.18 Å². The summed E-state index contributed by atoms with van der Waals surface area (Å²) < 4.78 is 13.6. The fourth-order valence-corrected chi connectivity index (χ4v) is 2.71. The van der Waals surface area contributed by atoms with Crippen molar-refractivity contribution >= 4 is 44.1 Å². The summed E-state index contributed by atoms with van der Waals surface area (Å²) in [4.78, 5) is 15.5. The Morgan fingerprint density at radius 1 is 1.47 bits per heavy atom. The molecule has 100 valence electrons. The van der Waals surface area contributed by atoms with Crippen LogP contribution in [-0.4, -0.2) is 16.1 Å². The molecule has 0 bridgehead atoms. The molecular weight excluding hydrogens is 335 g/mol. The van der Waals surface area contributed by atoms with Gasteiger partial charge in [-0.25, -0.2) is 14.2 Å². The van der Waals surface area contributed by atoms with Gasteiger partial charge in [0.15, 0.2) is 10.8 Å². The Kier molecular flexibility index (Phi) is 3.86. The Morgan fingerprint density at radius 3 is 2.74 bits per heavy atom. The zero-order valence-corrected chi connectivity index (χ0v) is 12.5. The van der Waals surface area contributed by atoms with Gasteiger partial charge in [-0.3, -0.25) is 0 Å². The lowest BCUT2D eigenvalue weighted by Crippen LogP contribution is -1.99. The second-order valence-electron chi connectivity index (χ2n) is 3.94. The van der Waals surface area contributed by atoms with Crippen molar-refractivity contribution in [2.75, 3.05) is 5.32 Å². The fourth-order valence-electron chi connectivity index (χ4n) is 1.54. The number of carboxylic acid groups (broad SMARTS) is 1. The highest BCUT2D eigenvalue weighted by Gasteiger charge is 2.15.